The van der Waals surface area contributed by atoms with Crippen LogP contribution in [0.15, 0.2) is 54.9 Å². The number of piperidine rings is 1. The number of likely N-dealkylation sites (tertiary alicyclic amines) is 1. The van der Waals surface area contributed by atoms with Gasteiger partial charge in [-0.1, -0.05) is 29.8 Å². The van der Waals surface area contributed by atoms with Crippen molar-refractivity contribution in [1.82, 2.24) is 19.4 Å². The minimum atomic E-state index is 0.461. The molecule has 1 aliphatic heterocycles. The van der Waals surface area contributed by atoms with Gasteiger partial charge in [0.15, 0.2) is 0 Å². The van der Waals surface area contributed by atoms with Gasteiger partial charge in [0.05, 0.1) is 12.2 Å². The van der Waals surface area contributed by atoms with Crippen LogP contribution in [0.4, 0.5) is 0 Å². The molecule has 0 saturated carbocycles. The van der Waals surface area contributed by atoms with E-state index in [0.29, 0.717) is 5.92 Å². The molecule has 1 aliphatic rings. The average molecular weight is 367 g/mol. The van der Waals surface area contributed by atoms with Crippen molar-refractivity contribution in [2.24, 2.45) is 7.05 Å². The number of pyridine rings is 1. The zero-order chi connectivity index (χ0) is 17.9. The molecule has 4 rings (SSSR count). The first-order valence-corrected chi connectivity index (χ1v) is 9.48. The molecule has 0 amide bonds. The van der Waals surface area contributed by atoms with E-state index in [-0.39, 0.29) is 0 Å². The van der Waals surface area contributed by atoms with Gasteiger partial charge in [-0.15, -0.1) is 0 Å². The van der Waals surface area contributed by atoms with Crippen LogP contribution in [0.3, 0.4) is 0 Å². The summed E-state index contributed by atoms with van der Waals surface area (Å²) in [7, 11) is 2.06. The molecule has 1 atom stereocenters. The summed E-state index contributed by atoms with van der Waals surface area (Å²) in [5, 5.41) is 0.744. The summed E-state index contributed by atoms with van der Waals surface area (Å²) < 4.78 is 2.10. The van der Waals surface area contributed by atoms with Gasteiger partial charge in [0.1, 0.15) is 5.82 Å². The second kappa shape index (κ2) is 7.60. The van der Waals surface area contributed by atoms with Gasteiger partial charge in [0, 0.05) is 48.2 Å². The maximum atomic E-state index is 6.14. The second-order valence-corrected chi connectivity index (χ2v) is 7.42. The van der Waals surface area contributed by atoms with E-state index >= 15 is 0 Å². The van der Waals surface area contributed by atoms with Crippen LogP contribution in [-0.4, -0.2) is 32.5 Å². The van der Waals surface area contributed by atoms with E-state index in [4.69, 9.17) is 16.6 Å². The number of hydrogen-bond donors (Lipinski definition) is 0. The summed E-state index contributed by atoms with van der Waals surface area (Å²) in [6.45, 7) is 3.05. The Bertz CT molecular complexity index is 889. The van der Waals surface area contributed by atoms with Crippen LogP contribution in [0.25, 0.3) is 11.3 Å². The first-order chi connectivity index (χ1) is 12.7. The van der Waals surface area contributed by atoms with E-state index in [0.717, 1.165) is 41.7 Å². The Kier molecular flexibility index (Phi) is 5.05. The van der Waals surface area contributed by atoms with Gasteiger partial charge in [0.2, 0.25) is 0 Å². The molecule has 134 valence electrons. The summed E-state index contributed by atoms with van der Waals surface area (Å²) in [6.07, 6.45) is 6.25. The third-order valence-electron chi connectivity index (χ3n) is 5.10. The Morgan fingerprint density at radius 2 is 2.08 bits per heavy atom. The summed E-state index contributed by atoms with van der Waals surface area (Å²) >= 11 is 6.14. The van der Waals surface area contributed by atoms with Crippen LogP contribution in [-0.2, 0) is 13.6 Å². The zero-order valence-corrected chi connectivity index (χ0v) is 15.7. The molecule has 2 aromatic heterocycles. The summed E-state index contributed by atoms with van der Waals surface area (Å²) in [6, 6.07) is 14.2. The molecule has 0 spiro atoms. The second-order valence-electron chi connectivity index (χ2n) is 6.99. The van der Waals surface area contributed by atoms with Gasteiger partial charge < -0.3 is 4.57 Å². The molecule has 4 nitrogen and oxygen atoms in total. The van der Waals surface area contributed by atoms with E-state index in [1.165, 1.54) is 18.5 Å². The number of imidazole rings is 1. The summed E-state index contributed by atoms with van der Waals surface area (Å²) in [5.41, 5.74) is 3.23. The highest BCUT2D eigenvalue weighted by Crippen LogP contribution is 2.29. The Morgan fingerprint density at radius 3 is 2.88 bits per heavy atom. The smallest absolute Gasteiger partial charge is 0.122 e. The van der Waals surface area contributed by atoms with Crippen molar-refractivity contribution in [1.29, 1.82) is 0 Å². The molecule has 26 heavy (non-hydrogen) atoms. The monoisotopic (exact) mass is 366 g/mol. The van der Waals surface area contributed by atoms with Crippen molar-refractivity contribution >= 4 is 11.6 Å². The Labute approximate surface area is 159 Å². The fourth-order valence-corrected chi connectivity index (χ4v) is 3.87. The normalized spacial score (nSPS) is 18.2. The third kappa shape index (κ3) is 3.81. The Balaban J connectivity index is 1.52. The maximum absolute atomic E-state index is 6.14. The number of rotatable bonds is 4. The highest BCUT2D eigenvalue weighted by Gasteiger charge is 2.23. The van der Waals surface area contributed by atoms with E-state index in [1.807, 2.05) is 30.6 Å². The van der Waals surface area contributed by atoms with Crippen molar-refractivity contribution in [3.05, 3.63) is 71.4 Å². The highest BCUT2D eigenvalue weighted by atomic mass is 35.5. The molecule has 3 heterocycles. The van der Waals surface area contributed by atoms with Gasteiger partial charge in [-0.3, -0.25) is 9.88 Å². The number of nitrogens with zero attached hydrogens (tertiary/aromatic N) is 4. The van der Waals surface area contributed by atoms with Crippen LogP contribution >= 0.6 is 11.6 Å². The lowest BCUT2D eigenvalue weighted by molar-refractivity contribution is 0.192. The average Bonchev–Trinajstić information content (AvgIpc) is 3.07. The quantitative estimate of drug-likeness (QED) is 0.681. The standard InChI is InChI=1S/C21H23ClN4/c1-25-12-10-23-21(25)15-26-11-4-6-17(14-26)20-9-3-8-19(24-20)16-5-2-7-18(22)13-16/h2-3,5,7-10,12-13,17H,4,6,11,14-15H2,1H3/t17-/m1/s1. The molecule has 0 bridgehead atoms. The van der Waals surface area contributed by atoms with Gasteiger partial charge >= 0.3 is 0 Å². The number of hydrogen-bond acceptors (Lipinski definition) is 3. The molecule has 5 heteroatoms. The van der Waals surface area contributed by atoms with Crippen molar-refractivity contribution < 1.29 is 0 Å². The van der Waals surface area contributed by atoms with E-state index in [2.05, 4.69) is 45.8 Å². The molecule has 1 saturated heterocycles. The minimum Gasteiger partial charge on any atom is -0.337 e. The number of halogens is 1. The molecule has 0 N–H and O–H groups in total. The van der Waals surface area contributed by atoms with Gasteiger partial charge in [0.25, 0.3) is 0 Å². The topological polar surface area (TPSA) is 34.0 Å². The zero-order valence-electron chi connectivity index (χ0n) is 15.0. The lowest BCUT2D eigenvalue weighted by atomic mass is 9.94. The number of aryl methyl sites for hydroxylation is 1. The van der Waals surface area contributed by atoms with Gasteiger partial charge in [-0.25, -0.2) is 4.98 Å². The molecule has 0 radical (unpaired) electrons. The molecule has 0 aliphatic carbocycles. The molecular weight excluding hydrogens is 344 g/mol. The Morgan fingerprint density at radius 1 is 1.19 bits per heavy atom. The Hall–Kier alpha value is -2.17. The predicted octanol–water partition coefficient (Wildman–Crippen LogP) is 4.52. The van der Waals surface area contributed by atoms with E-state index < -0.39 is 0 Å². The van der Waals surface area contributed by atoms with Crippen molar-refractivity contribution in [2.45, 2.75) is 25.3 Å². The number of benzene rings is 1. The van der Waals surface area contributed by atoms with Crippen LogP contribution in [0.5, 0.6) is 0 Å². The largest absolute Gasteiger partial charge is 0.337 e. The highest BCUT2D eigenvalue weighted by molar-refractivity contribution is 6.30. The fourth-order valence-electron chi connectivity index (χ4n) is 3.68. The van der Waals surface area contributed by atoms with Crippen LogP contribution in [0, 0.1) is 0 Å². The molecule has 0 unspecified atom stereocenters. The van der Waals surface area contributed by atoms with Crippen LogP contribution < -0.4 is 0 Å². The fraction of sp³-hybridized carbons (Fsp3) is 0.333. The molecule has 1 aromatic carbocycles. The van der Waals surface area contributed by atoms with Crippen LogP contribution in [0.1, 0.15) is 30.3 Å². The number of aromatic nitrogens is 3. The lowest BCUT2D eigenvalue weighted by Crippen LogP contribution is -2.34. The first-order valence-electron chi connectivity index (χ1n) is 9.10. The molecule has 1 fully saturated rings. The summed E-state index contributed by atoms with van der Waals surface area (Å²) in [4.78, 5) is 11.9. The molecule has 3 aromatic rings. The van der Waals surface area contributed by atoms with E-state index in [9.17, 15) is 0 Å². The van der Waals surface area contributed by atoms with Crippen molar-refractivity contribution in [3.8, 4) is 11.3 Å². The van der Waals surface area contributed by atoms with Crippen molar-refractivity contribution in [2.75, 3.05) is 13.1 Å². The third-order valence-corrected chi connectivity index (χ3v) is 5.34. The minimum absolute atomic E-state index is 0.461. The predicted molar refractivity (Wildman–Crippen MR) is 105 cm³/mol. The van der Waals surface area contributed by atoms with Crippen molar-refractivity contribution in [3.63, 3.8) is 0 Å². The lowest BCUT2D eigenvalue weighted by Gasteiger charge is -2.32. The summed E-state index contributed by atoms with van der Waals surface area (Å²) in [5.74, 6) is 1.58. The van der Waals surface area contributed by atoms with E-state index in [1.54, 1.807) is 0 Å². The van der Waals surface area contributed by atoms with Gasteiger partial charge in [-0.2, -0.15) is 0 Å². The maximum Gasteiger partial charge on any atom is 0.122 e. The first kappa shape index (κ1) is 17.3. The van der Waals surface area contributed by atoms with Gasteiger partial charge in [-0.05, 0) is 43.7 Å². The van der Waals surface area contributed by atoms with Crippen LogP contribution in [0.2, 0.25) is 5.02 Å². The SMILES string of the molecule is Cn1ccnc1CN1CCC[C@@H](c2cccc(-c3cccc(Cl)c3)n2)C1. The molecular formula is C21H23ClN4.